The fourth-order valence-corrected chi connectivity index (χ4v) is 4.68. The average molecular weight is 552 g/mol. The lowest BCUT2D eigenvalue weighted by molar-refractivity contribution is 0.122. The second-order valence-corrected chi connectivity index (χ2v) is 8.35. The van der Waals surface area contributed by atoms with Crippen molar-refractivity contribution in [1.29, 1.82) is 0 Å². The maximum absolute atomic E-state index is 10.6. The molecule has 1 atom stereocenters. The Morgan fingerprint density at radius 3 is 2.65 bits per heavy atom. The lowest BCUT2D eigenvalue weighted by atomic mass is 10.1. The molecule has 0 spiro atoms. The molecular formula is C23H29IN4O2S. The van der Waals surface area contributed by atoms with Crippen molar-refractivity contribution >= 4 is 57.0 Å². The molecule has 166 valence electrons. The van der Waals surface area contributed by atoms with Crippen molar-refractivity contribution in [3.05, 3.63) is 65.0 Å². The van der Waals surface area contributed by atoms with Gasteiger partial charge in [0, 0.05) is 48.5 Å². The normalized spacial score (nSPS) is 15.4. The van der Waals surface area contributed by atoms with Crippen molar-refractivity contribution in [1.82, 2.24) is 10.6 Å². The molecule has 1 saturated heterocycles. The van der Waals surface area contributed by atoms with E-state index in [2.05, 4.69) is 63.0 Å². The van der Waals surface area contributed by atoms with Gasteiger partial charge in [-0.1, -0.05) is 36.4 Å². The molecule has 2 heterocycles. The number of thiophene rings is 1. The van der Waals surface area contributed by atoms with Crippen LogP contribution in [0.2, 0.25) is 0 Å². The number of ether oxygens (including phenoxy) is 1. The molecule has 0 bridgehead atoms. The van der Waals surface area contributed by atoms with Crippen LogP contribution in [0.25, 0.3) is 10.1 Å². The third kappa shape index (κ3) is 6.09. The zero-order valence-corrected chi connectivity index (χ0v) is 20.7. The number of nitrogens with zero attached hydrogens (tertiary/aromatic N) is 2. The second kappa shape index (κ2) is 11.7. The van der Waals surface area contributed by atoms with Gasteiger partial charge in [0.25, 0.3) is 0 Å². The molecule has 4 rings (SSSR count). The molecule has 0 amide bonds. The molecule has 6 nitrogen and oxygen atoms in total. The van der Waals surface area contributed by atoms with Gasteiger partial charge in [-0.25, -0.2) is 0 Å². The number of para-hydroxylation sites is 1. The highest BCUT2D eigenvalue weighted by molar-refractivity contribution is 14.0. The number of aliphatic hydroxyl groups excluding tert-OH is 1. The Balaban J connectivity index is 0.00000272. The molecule has 0 radical (unpaired) electrons. The minimum atomic E-state index is -0.582. The number of rotatable bonds is 6. The van der Waals surface area contributed by atoms with Crippen molar-refractivity contribution in [2.75, 3.05) is 44.8 Å². The Morgan fingerprint density at radius 2 is 1.87 bits per heavy atom. The smallest absolute Gasteiger partial charge is 0.191 e. The van der Waals surface area contributed by atoms with E-state index in [1.807, 2.05) is 12.1 Å². The number of nitrogens with one attached hydrogen (secondary N) is 2. The first-order valence-electron chi connectivity index (χ1n) is 10.3. The molecular weight excluding hydrogens is 523 g/mol. The van der Waals surface area contributed by atoms with E-state index in [1.54, 1.807) is 18.4 Å². The molecule has 1 fully saturated rings. The summed E-state index contributed by atoms with van der Waals surface area (Å²) < 4.78 is 6.67. The van der Waals surface area contributed by atoms with Crippen LogP contribution in [0.3, 0.4) is 0 Å². The Bertz CT molecular complexity index is 971. The number of aliphatic imine (C=N–C) groups is 1. The number of hydrogen-bond donors (Lipinski definition) is 3. The Hall–Kier alpha value is -1.88. The number of fused-ring (bicyclic) bond motifs is 1. The monoisotopic (exact) mass is 552 g/mol. The van der Waals surface area contributed by atoms with Gasteiger partial charge in [0.1, 0.15) is 6.10 Å². The Labute approximate surface area is 204 Å². The van der Waals surface area contributed by atoms with Gasteiger partial charge in [0.05, 0.1) is 13.2 Å². The summed E-state index contributed by atoms with van der Waals surface area (Å²) in [4.78, 5) is 7.63. The van der Waals surface area contributed by atoms with Crippen molar-refractivity contribution < 1.29 is 9.84 Å². The average Bonchev–Trinajstić information content (AvgIpc) is 3.24. The van der Waals surface area contributed by atoms with Crippen LogP contribution < -0.4 is 15.5 Å². The number of aliphatic hydroxyl groups is 1. The summed E-state index contributed by atoms with van der Waals surface area (Å²) in [5.74, 6) is 0.673. The predicted molar refractivity (Wildman–Crippen MR) is 140 cm³/mol. The molecule has 2 aromatic carbocycles. The van der Waals surface area contributed by atoms with Gasteiger partial charge in [-0.15, -0.1) is 35.3 Å². The highest BCUT2D eigenvalue weighted by Crippen LogP contribution is 2.29. The SMILES string of the molecule is CN=C(NCc1ccccc1N1CCOCC1)NCC(O)c1cc2ccccc2s1.I. The first-order chi connectivity index (χ1) is 14.7. The third-order valence-electron chi connectivity index (χ3n) is 5.25. The van der Waals surface area contributed by atoms with E-state index in [0.29, 0.717) is 19.0 Å². The van der Waals surface area contributed by atoms with E-state index in [9.17, 15) is 5.11 Å². The number of morpholine rings is 1. The fourth-order valence-electron chi connectivity index (χ4n) is 3.63. The quantitative estimate of drug-likeness (QED) is 0.247. The summed E-state index contributed by atoms with van der Waals surface area (Å²) in [6.07, 6.45) is -0.582. The summed E-state index contributed by atoms with van der Waals surface area (Å²) in [5, 5.41) is 18.4. The van der Waals surface area contributed by atoms with Crippen molar-refractivity contribution in [3.8, 4) is 0 Å². The van der Waals surface area contributed by atoms with Crippen molar-refractivity contribution in [3.63, 3.8) is 0 Å². The number of hydrogen-bond acceptors (Lipinski definition) is 5. The fraction of sp³-hybridized carbons (Fsp3) is 0.348. The Kier molecular flexibility index (Phi) is 8.94. The topological polar surface area (TPSA) is 69.1 Å². The van der Waals surface area contributed by atoms with Crippen molar-refractivity contribution in [2.45, 2.75) is 12.6 Å². The van der Waals surface area contributed by atoms with Gasteiger partial charge in [-0.2, -0.15) is 0 Å². The lowest BCUT2D eigenvalue weighted by Gasteiger charge is -2.30. The maximum atomic E-state index is 10.6. The van der Waals surface area contributed by atoms with E-state index in [-0.39, 0.29) is 24.0 Å². The first kappa shape index (κ1) is 23.8. The van der Waals surface area contributed by atoms with Crippen LogP contribution in [0.1, 0.15) is 16.5 Å². The largest absolute Gasteiger partial charge is 0.386 e. The summed E-state index contributed by atoms with van der Waals surface area (Å²) in [5.41, 5.74) is 2.45. The van der Waals surface area contributed by atoms with Crippen LogP contribution in [-0.2, 0) is 11.3 Å². The molecule has 3 N–H and O–H groups in total. The summed E-state index contributed by atoms with van der Waals surface area (Å²) >= 11 is 1.63. The van der Waals surface area contributed by atoms with Gasteiger partial charge in [0.15, 0.2) is 5.96 Å². The van der Waals surface area contributed by atoms with Gasteiger partial charge in [-0.05, 0) is 29.1 Å². The second-order valence-electron chi connectivity index (χ2n) is 7.24. The molecule has 8 heteroatoms. The van der Waals surface area contributed by atoms with Gasteiger partial charge >= 0.3 is 0 Å². The number of guanidine groups is 1. The van der Waals surface area contributed by atoms with Crippen LogP contribution in [0.15, 0.2) is 59.6 Å². The van der Waals surface area contributed by atoms with Crippen molar-refractivity contribution in [2.24, 2.45) is 4.99 Å². The summed E-state index contributed by atoms with van der Waals surface area (Å²) in [6, 6.07) is 18.7. The summed E-state index contributed by atoms with van der Waals surface area (Å²) in [6.45, 7) is 4.40. The minimum absolute atomic E-state index is 0. The van der Waals surface area contributed by atoms with Gasteiger partial charge < -0.3 is 25.4 Å². The summed E-state index contributed by atoms with van der Waals surface area (Å²) in [7, 11) is 1.75. The zero-order valence-electron chi connectivity index (χ0n) is 17.6. The standard InChI is InChI=1S/C23H28N4O2S.HI/c1-24-23(26-16-20(28)22-14-17-6-3-5-9-21(17)30-22)25-15-18-7-2-4-8-19(18)27-10-12-29-13-11-27;/h2-9,14,20,28H,10-13,15-16H2,1H3,(H2,24,25,26);1H. The van der Waals surface area contributed by atoms with E-state index in [1.165, 1.54) is 21.3 Å². The highest BCUT2D eigenvalue weighted by Gasteiger charge is 2.15. The molecule has 1 aromatic heterocycles. The molecule has 0 saturated carbocycles. The molecule has 1 aliphatic heterocycles. The number of halogens is 1. The zero-order chi connectivity index (χ0) is 20.8. The van der Waals surface area contributed by atoms with Gasteiger partial charge in [-0.3, -0.25) is 4.99 Å². The van der Waals surface area contributed by atoms with Crippen LogP contribution in [0.5, 0.6) is 0 Å². The molecule has 1 aliphatic rings. The Morgan fingerprint density at radius 1 is 1.13 bits per heavy atom. The molecule has 31 heavy (non-hydrogen) atoms. The van der Waals surface area contributed by atoms with E-state index < -0.39 is 6.10 Å². The molecule has 3 aromatic rings. The van der Waals surface area contributed by atoms with E-state index in [0.717, 1.165) is 31.2 Å². The minimum Gasteiger partial charge on any atom is -0.386 e. The number of anilines is 1. The molecule has 0 aliphatic carbocycles. The third-order valence-corrected chi connectivity index (χ3v) is 6.47. The predicted octanol–water partition coefficient (Wildman–Crippen LogP) is 3.75. The maximum Gasteiger partial charge on any atom is 0.191 e. The number of benzene rings is 2. The highest BCUT2D eigenvalue weighted by atomic mass is 127. The van der Waals surface area contributed by atoms with Crippen LogP contribution in [0, 0.1) is 0 Å². The lowest BCUT2D eigenvalue weighted by Crippen LogP contribution is -2.40. The first-order valence-corrected chi connectivity index (χ1v) is 11.1. The van der Waals surface area contributed by atoms with Crippen LogP contribution in [0.4, 0.5) is 5.69 Å². The van der Waals surface area contributed by atoms with E-state index in [4.69, 9.17) is 4.74 Å². The van der Waals surface area contributed by atoms with Crippen LogP contribution >= 0.6 is 35.3 Å². The van der Waals surface area contributed by atoms with Gasteiger partial charge in [0.2, 0.25) is 0 Å². The van der Waals surface area contributed by atoms with E-state index >= 15 is 0 Å². The molecule has 1 unspecified atom stereocenters. The van der Waals surface area contributed by atoms with Crippen LogP contribution in [-0.4, -0.2) is 51.0 Å².